The number of aromatic nitrogens is 2. The van der Waals surface area contributed by atoms with E-state index in [-0.39, 0.29) is 11.5 Å². The Balaban J connectivity index is 1.47. The third-order valence-electron chi connectivity index (χ3n) is 5.80. The molecule has 132 valence electrons. The van der Waals surface area contributed by atoms with E-state index in [4.69, 9.17) is 0 Å². The lowest BCUT2D eigenvalue weighted by molar-refractivity contribution is -0.134. The molecule has 2 atom stereocenters. The van der Waals surface area contributed by atoms with Gasteiger partial charge in [0, 0.05) is 61.7 Å². The Bertz CT molecular complexity index is 845. The lowest BCUT2D eigenvalue weighted by Crippen LogP contribution is -2.49. The van der Waals surface area contributed by atoms with E-state index in [0.717, 1.165) is 38.3 Å². The molecule has 0 aliphatic carbocycles. The summed E-state index contributed by atoms with van der Waals surface area (Å²) in [6.45, 7) is 7.16. The normalized spacial score (nSPS) is 21.9. The number of piperidine rings is 1. The summed E-state index contributed by atoms with van der Waals surface area (Å²) >= 11 is 0. The van der Waals surface area contributed by atoms with Gasteiger partial charge in [-0.05, 0) is 44.4 Å². The van der Waals surface area contributed by atoms with Gasteiger partial charge in [-0.3, -0.25) is 9.59 Å². The summed E-state index contributed by atoms with van der Waals surface area (Å²) in [5.74, 6) is 0.916. The van der Waals surface area contributed by atoms with Crippen molar-refractivity contribution in [3.05, 3.63) is 57.8 Å². The van der Waals surface area contributed by atoms with Gasteiger partial charge < -0.3 is 14.0 Å². The molecule has 0 N–H and O–H groups in total. The van der Waals surface area contributed by atoms with Crippen LogP contribution in [0.5, 0.6) is 0 Å². The first-order valence-electron chi connectivity index (χ1n) is 9.13. The highest BCUT2D eigenvalue weighted by Gasteiger charge is 2.35. The summed E-state index contributed by atoms with van der Waals surface area (Å²) in [6, 6.07) is 9.71. The zero-order valence-corrected chi connectivity index (χ0v) is 14.9. The van der Waals surface area contributed by atoms with Gasteiger partial charge in [-0.2, -0.15) is 0 Å². The second-order valence-electron chi connectivity index (χ2n) is 7.51. The summed E-state index contributed by atoms with van der Waals surface area (Å²) in [5, 5.41) is 0. The zero-order chi connectivity index (χ0) is 17.6. The number of hydrogen-bond acceptors (Lipinski definition) is 2. The van der Waals surface area contributed by atoms with E-state index in [1.54, 1.807) is 6.07 Å². The van der Waals surface area contributed by atoms with Crippen molar-refractivity contribution in [2.24, 2.45) is 5.92 Å². The van der Waals surface area contributed by atoms with Crippen LogP contribution in [0.2, 0.25) is 0 Å². The molecule has 2 aliphatic heterocycles. The first-order valence-corrected chi connectivity index (χ1v) is 9.13. The van der Waals surface area contributed by atoms with Gasteiger partial charge >= 0.3 is 0 Å². The number of likely N-dealkylation sites (tertiary alicyclic amines) is 1. The van der Waals surface area contributed by atoms with Crippen LogP contribution in [0.15, 0.2) is 35.1 Å². The van der Waals surface area contributed by atoms with E-state index >= 15 is 0 Å². The maximum absolute atomic E-state index is 12.8. The summed E-state index contributed by atoms with van der Waals surface area (Å²) in [4.78, 5) is 26.9. The fourth-order valence-electron chi connectivity index (χ4n) is 4.52. The minimum Gasteiger partial charge on any atom is -0.349 e. The molecule has 0 spiro atoms. The number of fused-ring (bicyclic) bond motifs is 4. The Hall–Kier alpha value is -2.30. The van der Waals surface area contributed by atoms with Crippen LogP contribution in [0.3, 0.4) is 0 Å². The SMILES string of the molecule is Cc1ccc(C)n1CCC(=O)N1C[C@H]2C[C@@H](C1)c1cccc(=O)n1C2. The van der Waals surface area contributed by atoms with Crippen LogP contribution in [0, 0.1) is 19.8 Å². The molecule has 5 heteroatoms. The van der Waals surface area contributed by atoms with Crippen LogP contribution < -0.4 is 5.56 Å². The molecule has 1 fully saturated rings. The average Bonchev–Trinajstić information content (AvgIpc) is 2.92. The summed E-state index contributed by atoms with van der Waals surface area (Å²) in [7, 11) is 0. The maximum atomic E-state index is 12.8. The summed E-state index contributed by atoms with van der Waals surface area (Å²) < 4.78 is 4.12. The van der Waals surface area contributed by atoms with E-state index in [2.05, 4.69) is 30.5 Å². The zero-order valence-electron chi connectivity index (χ0n) is 14.9. The van der Waals surface area contributed by atoms with Crippen molar-refractivity contribution < 1.29 is 4.79 Å². The maximum Gasteiger partial charge on any atom is 0.250 e. The van der Waals surface area contributed by atoms with E-state index in [1.165, 1.54) is 11.4 Å². The van der Waals surface area contributed by atoms with Crippen LogP contribution in [-0.2, 0) is 17.9 Å². The van der Waals surface area contributed by atoms with Crippen molar-refractivity contribution in [3.8, 4) is 0 Å². The van der Waals surface area contributed by atoms with Crippen molar-refractivity contribution in [2.75, 3.05) is 13.1 Å². The highest BCUT2D eigenvalue weighted by molar-refractivity contribution is 5.76. The third kappa shape index (κ3) is 2.92. The second kappa shape index (κ2) is 6.21. The van der Waals surface area contributed by atoms with Crippen LogP contribution >= 0.6 is 0 Å². The Labute approximate surface area is 147 Å². The largest absolute Gasteiger partial charge is 0.349 e. The van der Waals surface area contributed by atoms with Crippen LogP contribution in [0.1, 0.15) is 35.8 Å². The molecule has 2 aromatic rings. The average molecular weight is 339 g/mol. The van der Waals surface area contributed by atoms with Gasteiger partial charge in [0.25, 0.3) is 5.56 Å². The Morgan fingerprint density at radius 3 is 2.60 bits per heavy atom. The first-order chi connectivity index (χ1) is 12.0. The monoisotopic (exact) mass is 339 g/mol. The topological polar surface area (TPSA) is 47.2 Å². The highest BCUT2D eigenvalue weighted by Crippen LogP contribution is 2.35. The van der Waals surface area contributed by atoms with Gasteiger partial charge in [0.15, 0.2) is 0 Å². The lowest BCUT2D eigenvalue weighted by atomic mass is 9.83. The molecule has 0 saturated carbocycles. The van der Waals surface area contributed by atoms with Gasteiger partial charge in [0.2, 0.25) is 5.91 Å². The molecule has 4 heterocycles. The van der Waals surface area contributed by atoms with Gasteiger partial charge in [0.05, 0.1) is 0 Å². The van der Waals surface area contributed by atoms with Crippen molar-refractivity contribution in [1.82, 2.24) is 14.0 Å². The molecule has 25 heavy (non-hydrogen) atoms. The fourth-order valence-corrected chi connectivity index (χ4v) is 4.52. The van der Waals surface area contributed by atoms with E-state index in [1.807, 2.05) is 21.6 Å². The Morgan fingerprint density at radius 1 is 1.08 bits per heavy atom. The van der Waals surface area contributed by atoms with Crippen molar-refractivity contribution in [2.45, 2.75) is 45.7 Å². The second-order valence-corrected chi connectivity index (χ2v) is 7.51. The number of hydrogen-bond donors (Lipinski definition) is 0. The van der Waals surface area contributed by atoms with Crippen LogP contribution in [0.25, 0.3) is 0 Å². The minimum atomic E-state index is 0.0885. The first kappa shape index (κ1) is 16.2. The number of aryl methyl sites for hydroxylation is 2. The number of nitrogens with zero attached hydrogens (tertiary/aromatic N) is 3. The van der Waals surface area contributed by atoms with E-state index < -0.39 is 0 Å². The Kier molecular flexibility index (Phi) is 4.02. The van der Waals surface area contributed by atoms with E-state index in [0.29, 0.717) is 18.3 Å². The molecule has 2 aromatic heterocycles. The third-order valence-corrected chi connectivity index (χ3v) is 5.80. The summed E-state index contributed by atoms with van der Waals surface area (Å²) in [5.41, 5.74) is 3.59. The van der Waals surface area contributed by atoms with Crippen molar-refractivity contribution >= 4 is 5.91 Å². The molecular formula is C20H25N3O2. The van der Waals surface area contributed by atoms with Crippen molar-refractivity contribution in [1.29, 1.82) is 0 Å². The molecule has 2 aliphatic rings. The number of pyridine rings is 1. The minimum absolute atomic E-state index is 0.0885. The Morgan fingerprint density at radius 2 is 1.84 bits per heavy atom. The van der Waals surface area contributed by atoms with Crippen molar-refractivity contribution in [3.63, 3.8) is 0 Å². The molecule has 1 saturated heterocycles. The predicted molar refractivity (Wildman–Crippen MR) is 96.7 cm³/mol. The van der Waals surface area contributed by atoms with E-state index in [9.17, 15) is 9.59 Å². The van der Waals surface area contributed by atoms with Crippen LogP contribution in [0.4, 0.5) is 0 Å². The smallest absolute Gasteiger partial charge is 0.250 e. The molecule has 0 unspecified atom stereocenters. The molecule has 5 nitrogen and oxygen atoms in total. The molecular weight excluding hydrogens is 314 g/mol. The van der Waals surface area contributed by atoms with Gasteiger partial charge in [-0.1, -0.05) is 6.07 Å². The molecule has 1 amide bonds. The van der Waals surface area contributed by atoms with Crippen LogP contribution in [-0.4, -0.2) is 33.0 Å². The highest BCUT2D eigenvalue weighted by atomic mass is 16.2. The summed E-state index contributed by atoms with van der Waals surface area (Å²) in [6.07, 6.45) is 1.63. The van der Waals surface area contributed by atoms with Gasteiger partial charge in [-0.15, -0.1) is 0 Å². The number of carbonyl (C=O) groups is 1. The molecule has 4 rings (SSSR count). The standard InChI is InChI=1S/C20H25N3O2/c1-14-6-7-15(2)22(14)9-8-19(24)21-11-16-10-17(13-21)18-4-3-5-20(25)23(18)12-16/h3-7,16-17H,8-13H2,1-2H3/t16-,17+/m1/s1. The molecule has 0 aromatic carbocycles. The molecule has 2 bridgehead atoms. The molecule has 0 radical (unpaired) electrons. The number of carbonyl (C=O) groups excluding carboxylic acids is 1. The quantitative estimate of drug-likeness (QED) is 0.861. The predicted octanol–water partition coefficient (Wildman–Crippen LogP) is 2.30. The fraction of sp³-hybridized carbons (Fsp3) is 0.500. The van der Waals surface area contributed by atoms with Gasteiger partial charge in [-0.25, -0.2) is 0 Å². The number of rotatable bonds is 3. The number of amides is 1. The lowest BCUT2D eigenvalue weighted by Gasteiger charge is -2.42. The van der Waals surface area contributed by atoms with Gasteiger partial charge in [0.1, 0.15) is 0 Å².